The summed E-state index contributed by atoms with van der Waals surface area (Å²) in [6.45, 7) is 6.21. The SMILES string of the molecule is CCOC(=O)COc1ccc(/C=C2/SC(=Nc3ccc(C)cc3)N(C3CCCCC3)C2=O)cc1OCC. The van der Waals surface area contributed by atoms with Gasteiger partial charge in [-0.25, -0.2) is 9.79 Å². The highest BCUT2D eigenvalue weighted by Crippen LogP contribution is 2.39. The van der Waals surface area contributed by atoms with E-state index in [0.717, 1.165) is 42.1 Å². The van der Waals surface area contributed by atoms with E-state index in [1.54, 1.807) is 13.0 Å². The number of carbonyl (C=O) groups excluding carboxylic acids is 2. The summed E-state index contributed by atoms with van der Waals surface area (Å²) in [5.41, 5.74) is 2.82. The number of thioether (sulfide) groups is 1. The number of amides is 1. The molecule has 1 amide bonds. The van der Waals surface area contributed by atoms with Crippen LogP contribution in [0.4, 0.5) is 5.69 Å². The number of aryl methyl sites for hydroxylation is 1. The lowest BCUT2D eigenvalue weighted by atomic mass is 9.94. The normalized spacial score (nSPS) is 18.5. The van der Waals surface area contributed by atoms with E-state index in [1.165, 1.54) is 23.7 Å². The first-order chi connectivity index (χ1) is 18.0. The van der Waals surface area contributed by atoms with Gasteiger partial charge in [-0.2, -0.15) is 0 Å². The van der Waals surface area contributed by atoms with Crippen LogP contribution in [0.3, 0.4) is 0 Å². The molecule has 0 atom stereocenters. The minimum absolute atomic E-state index is 0.0108. The molecule has 2 aromatic rings. The number of benzene rings is 2. The Kier molecular flexibility index (Phi) is 9.28. The van der Waals surface area contributed by atoms with Crippen molar-refractivity contribution in [2.45, 2.75) is 58.9 Å². The number of hydrogen-bond donors (Lipinski definition) is 0. The fourth-order valence-electron chi connectivity index (χ4n) is 4.45. The third kappa shape index (κ3) is 6.95. The van der Waals surface area contributed by atoms with Crippen LogP contribution in [0.2, 0.25) is 0 Å². The van der Waals surface area contributed by atoms with Crippen LogP contribution < -0.4 is 9.47 Å². The second kappa shape index (κ2) is 12.8. The highest BCUT2D eigenvalue weighted by molar-refractivity contribution is 8.18. The van der Waals surface area contributed by atoms with Gasteiger partial charge in [-0.05, 0) is 81.3 Å². The number of amidine groups is 1. The zero-order chi connectivity index (χ0) is 26.2. The van der Waals surface area contributed by atoms with Crippen LogP contribution in [-0.4, -0.2) is 47.8 Å². The first-order valence-electron chi connectivity index (χ1n) is 12.9. The number of esters is 1. The molecule has 2 aliphatic rings. The van der Waals surface area contributed by atoms with Crippen molar-refractivity contribution in [1.29, 1.82) is 0 Å². The first-order valence-corrected chi connectivity index (χ1v) is 13.7. The number of carbonyl (C=O) groups is 2. The van der Waals surface area contributed by atoms with Crippen LogP contribution in [-0.2, 0) is 14.3 Å². The fraction of sp³-hybridized carbons (Fsp3) is 0.414. The maximum absolute atomic E-state index is 13.6. The Morgan fingerprint density at radius 2 is 1.78 bits per heavy atom. The molecule has 7 nitrogen and oxygen atoms in total. The Morgan fingerprint density at radius 1 is 1.03 bits per heavy atom. The number of nitrogens with zero attached hydrogens (tertiary/aromatic N) is 2. The highest BCUT2D eigenvalue weighted by Gasteiger charge is 2.38. The Hall–Kier alpha value is -3.26. The van der Waals surface area contributed by atoms with Crippen molar-refractivity contribution >= 4 is 40.6 Å². The molecule has 0 N–H and O–H groups in total. The summed E-state index contributed by atoms with van der Waals surface area (Å²) in [5.74, 6) is 0.512. The van der Waals surface area contributed by atoms with E-state index in [9.17, 15) is 9.59 Å². The van der Waals surface area contributed by atoms with Crippen LogP contribution in [0.25, 0.3) is 6.08 Å². The maximum Gasteiger partial charge on any atom is 0.344 e. The average Bonchev–Trinajstić information content (AvgIpc) is 3.20. The number of ether oxygens (including phenoxy) is 3. The summed E-state index contributed by atoms with van der Waals surface area (Å²) in [5, 5.41) is 0.728. The predicted octanol–water partition coefficient (Wildman–Crippen LogP) is 6.27. The summed E-state index contributed by atoms with van der Waals surface area (Å²) >= 11 is 1.41. The molecule has 4 rings (SSSR count). The third-order valence-electron chi connectivity index (χ3n) is 6.25. The molecule has 2 aromatic carbocycles. The summed E-state index contributed by atoms with van der Waals surface area (Å²) in [6.07, 6.45) is 7.32. The van der Waals surface area contributed by atoms with Gasteiger partial charge in [0.2, 0.25) is 0 Å². The second-order valence-electron chi connectivity index (χ2n) is 9.04. The standard InChI is InChI=1S/C29H34N2O5S/c1-4-34-25-17-21(13-16-24(25)36-19-27(32)35-5-2)18-26-28(33)31(23-9-7-6-8-10-23)29(37-26)30-22-14-11-20(3)12-15-22/h11-18,23H,4-10,19H2,1-3H3/b26-18+,30-29?. The van der Waals surface area contributed by atoms with Crippen LogP contribution in [0.5, 0.6) is 11.5 Å². The topological polar surface area (TPSA) is 77.4 Å². The van der Waals surface area contributed by atoms with Crippen molar-refractivity contribution < 1.29 is 23.8 Å². The summed E-state index contributed by atoms with van der Waals surface area (Å²) in [7, 11) is 0. The van der Waals surface area contributed by atoms with Crippen molar-refractivity contribution in [3.63, 3.8) is 0 Å². The summed E-state index contributed by atoms with van der Waals surface area (Å²) in [6, 6.07) is 13.6. The van der Waals surface area contributed by atoms with Crippen molar-refractivity contribution in [3.05, 3.63) is 58.5 Å². The van der Waals surface area contributed by atoms with Crippen molar-refractivity contribution in [2.75, 3.05) is 19.8 Å². The molecule has 8 heteroatoms. The van der Waals surface area contributed by atoms with E-state index >= 15 is 0 Å². The second-order valence-corrected chi connectivity index (χ2v) is 10.0. The zero-order valence-electron chi connectivity index (χ0n) is 21.7. The van der Waals surface area contributed by atoms with Gasteiger partial charge in [-0.3, -0.25) is 9.69 Å². The molecular weight excluding hydrogens is 488 g/mol. The largest absolute Gasteiger partial charge is 0.490 e. The Bertz CT molecular complexity index is 1170. The van der Waals surface area contributed by atoms with Crippen LogP contribution >= 0.6 is 11.8 Å². The lowest BCUT2D eigenvalue weighted by Crippen LogP contribution is -2.40. The zero-order valence-corrected chi connectivity index (χ0v) is 22.5. The molecule has 2 fully saturated rings. The van der Waals surface area contributed by atoms with E-state index in [4.69, 9.17) is 19.2 Å². The molecule has 0 spiro atoms. The molecule has 0 unspecified atom stereocenters. The van der Waals surface area contributed by atoms with Gasteiger partial charge in [-0.15, -0.1) is 0 Å². The predicted molar refractivity (Wildman–Crippen MR) is 147 cm³/mol. The van der Waals surface area contributed by atoms with Crippen molar-refractivity contribution in [3.8, 4) is 11.5 Å². The Balaban J connectivity index is 1.61. The van der Waals surface area contributed by atoms with Gasteiger partial charge in [0.05, 0.1) is 23.8 Å². The van der Waals surface area contributed by atoms with Crippen LogP contribution in [0, 0.1) is 6.92 Å². The quantitative estimate of drug-likeness (QED) is 0.285. The molecule has 196 valence electrons. The van der Waals surface area contributed by atoms with Gasteiger partial charge >= 0.3 is 5.97 Å². The van der Waals surface area contributed by atoms with Gasteiger partial charge in [-0.1, -0.05) is 43.0 Å². The van der Waals surface area contributed by atoms with Crippen molar-refractivity contribution in [2.24, 2.45) is 4.99 Å². The van der Waals surface area contributed by atoms with Gasteiger partial charge in [0, 0.05) is 6.04 Å². The average molecular weight is 523 g/mol. The van der Waals surface area contributed by atoms with E-state index in [0.29, 0.717) is 29.6 Å². The maximum atomic E-state index is 13.6. The molecule has 1 saturated carbocycles. The van der Waals surface area contributed by atoms with Gasteiger partial charge in [0.1, 0.15) is 0 Å². The first kappa shape index (κ1) is 26.8. The van der Waals surface area contributed by atoms with Crippen LogP contribution in [0.1, 0.15) is 57.1 Å². The molecule has 0 aromatic heterocycles. The lowest BCUT2D eigenvalue weighted by Gasteiger charge is -2.30. The van der Waals surface area contributed by atoms with E-state index in [-0.39, 0.29) is 18.6 Å². The molecule has 0 radical (unpaired) electrons. The fourth-order valence-corrected chi connectivity index (χ4v) is 5.51. The minimum atomic E-state index is -0.438. The summed E-state index contributed by atoms with van der Waals surface area (Å²) in [4.78, 5) is 32.7. The molecule has 0 bridgehead atoms. The molecule has 1 heterocycles. The Labute approximate surface area is 222 Å². The molecular formula is C29H34N2O5S. The lowest BCUT2D eigenvalue weighted by molar-refractivity contribution is -0.145. The number of hydrogen-bond acceptors (Lipinski definition) is 7. The highest BCUT2D eigenvalue weighted by atomic mass is 32.2. The van der Waals surface area contributed by atoms with Gasteiger partial charge in [0.25, 0.3) is 5.91 Å². The number of rotatable bonds is 9. The Morgan fingerprint density at radius 3 is 2.49 bits per heavy atom. The minimum Gasteiger partial charge on any atom is -0.490 e. The van der Waals surface area contributed by atoms with Gasteiger partial charge in [0.15, 0.2) is 23.3 Å². The smallest absolute Gasteiger partial charge is 0.344 e. The van der Waals surface area contributed by atoms with Crippen molar-refractivity contribution in [1.82, 2.24) is 4.90 Å². The molecule has 1 saturated heterocycles. The summed E-state index contributed by atoms with van der Waals surface area (Å²) < 4.78 is 16.3. The van der Waals surface area contributed by atoms with Crippen LogP contribution in [0.15, 0.2) is 52.4 Å². The van der Waals surface area contributed by atoms with E-state index in [2.05, 4.69) is 0 Å². The molecule has 1 aliphatic heterocycles. The monoisotopic (exact) mass is 522 g/mol. The van der Waals surface area contributed by atoms with E-state index in [1.807, 2.05) is 61.2 Å². The van der Waals surface area contributed by atoms with Gasteiger partial charge < -0.3 is 14.2 Å². The third-order valence-corrected chi connectivity index (χ3v) is 7.23. The molecule has 37 heavy (non-hydrogen) atoms. The van der Waals surface area contributed by atoms with E-state index < -0.39 is 5.97 Å². The molecule has 1 aliphatic carbocycles. The number of aliphatic imine (C=N–C) groups is 1.